The largest absolute Gasteiger partial charge is 0.377 e. The lowest BCUT2D eigenvalue weighted by molar-refractivity contribution is 0.110. The lowest BCUT2D eigenvalue weighted by atomic mass is 10.1. The Hall–Kier alpha value is -2.43. The van der Waals surface area contributed by atoms with Gasteiger partial charge in [0.15, 0.2) is 0 Å². The minimum atomic E-state index is 0.347. The molecule has 140 valence electrons. The summed E-state index contributed by atoms with van der Waals surface area (Å²) in [5, 5.41) is 8.48. The Bertz CT molecular complexity index is 892. The van der Waals surface area contributed by atoms with E-state index in [9.17, 15) is 0 Å². The Kier molecular flexibility index (Phi) is 5.37. The molecular formula is C23H27N3O. The summed E-state index contributed by atoms with van der Waals surface area (Å²) in [5.74, 6) is 0. The number of nitrogens with one attached hydrogen (secondary N) is 1. The molecule has 4 heteroatoms. The van der Waals surface area contributed by atoms with Crippen molar-refractivity contribution in [2.45, 2.75) is 39.3 Å². The molecule has 1 saturated heterocycles. The Balaban J connectivity index is 1.61. The molecule has 2 aromatic carbocycles. The standard InChI is InChI=1S/C23H27N3O/c1-17-8-10-21(11-9-17)26-16-20(14-24-15-22-7-4-12-27-22)23(25-26)19-6-3-5-18(2)13-19/h3,5-6,8-11,13,16,22,24H,4,7,12,14-15H2,1-2H3/t22-/m1/s1. The fourth-order valence-electron chi connectivity index (χ4n) is 3.58. The molecule has 4 nitrogen and oxygen atoms in total. The first-order chi connectivity index (χ1) is 13.2. The van der Waals surface area contributed by atoms with Crippen molar-refractivity contribution >= 4 is 0 Å². The summed E-state index contributed by atoms with van der Waals surface area (Å²) < 4.78 is 7.71. The predicted octanol–water partition coefficient (Wildman–Crippen LogP) is 4.42. The molecule has 0 spiro atoms. The quantitative estimate of drug-likeness (QED) is 0.706. The highest BCUT2D eigenvalue weighted by Gasteiger charge is 2.16. The highest BCUT2D eigenvalue weighted by Crippen LogP contribution is 2.25. The van der Waals surface area contributed by atoms with Crippen LogP contribution < -0.4 is 5.32 Å². The van der Waals surface area contributed by atoms with Crippen molar-refractivity contribution in [2.24, 2.45) is 0 Å². The van der Waals surface area contributed by atoms with Crippen LogP contribution in [-0.4, -0.2) is 29.0 Å². The third-order valence-electron chi connectivity index (χ3n) is 5.09. The van der Waals surface area contributed by atoms with Crippen LogP contribution in [0, 0.1) is 13.8 Å². The van der Waals surface area contributed by atoms with Crippen LogP contribution in [0.25, 0.3) is 16.9 Å². The molecule has 0 saturated carbocycles. The number of hydrogen-bond donors (Lipinski definition) is 1. The summed E-state index contributed by atoms with van der Waals surface area (Å²) in [4.78, 5) is 0. The summed E-state index contributed by atoms with van der Waals surface area (Å²) in [6.07, 6.45) is 4.82. The second kappa shape index (κ2) is 8.07. The molecule has 0 amide bonds. The topological polar surface area (TPSA) is 39.1 Å². The van der Waals surface area contributed by atoms with Crippen molar-refractivity contribution in [1.82, 2.24) is 15.1 Å². The number of aromatic nitrogens is 2. The first-order valence-electron chi connectivity index (χ1n) is 9.74. The van der Waals surface area contributed by atoms with Crippen molar-refractivity contribution in [1.29, 1.82) is 0 Å². The lowest BCUT2D eigenvalue weighted by Crippen LogP contribution is -2.25. The van der Waals surface area contributed by atoms with E-state index in [1.165, 1.54) is 23.1 Å². The molecule has 0 aliphatic carbocycles. The van der Waals surface area contributed by atoms with Crippen molar-refractivity contribution in [3.8, 4) is 16.9 Å². The SMILES string of the molecule is Cc1ccc(-n2cc(CNC[C@H]3CCCO3)c(-c3cccc(C)c3)n2)cc1. The van der Waals surface area contributed by atoms with E-state index in [1.54, 1.807) is 0 Å². The minimum Gasteiger partial charge on any atom is -0.377 e. The van der Waals surface area contributed by atoms with Gasteiger partial charge in [-0.25, -0.2) is 4.68 Å². The normalized spacial score (nSPS) is 16.7. The van der Waals surface area contributed by atoms with E-state index in [-0.39, 0.29) is 0 Å². The van der Waals surface area contributed by atoms with Crippen molar-refractivity contribution in [3.05, 3.63) is 71.4 Å². The third kappa shape index (κ3) is 4.29. The summed E-state index contributed by atoms with van der Waals surface area (Å²) in [5.41, 5.74) is 6.99. The Morgan fingerprint density at radius 1 is 1.11 bits per heavy atom. The van der Waals surface area contributed by atoms with Crippen LogP contribution in [0.5, 0.6) is 0 Å². The minimum absolute atomic E-state index is 0.347. The highest BCUT2D eigenvalue weighted by molar-refractivity contribution is 5.64. The van der Waals surface area contributed by atoms with Crippen molar-refractivity contribution < 1.29 is 4.74 Å². The van der Waals surface area contributed by atoms with Gasteiger partial charge in [-0.05, 0) is 44.9 Å². The fourth-order valence-corrected chi connectivity index (χ4v) is 3.58. The number of nitrogens with zero attached hydrogens (tertiary/aromatic N) is 2. The first kappa shape index (κ1) is 18.0. The second-order valence-electron chi connectivity index (χ2n) is 7.42. The zero-order valence-electron chi connectivity index (χ0n) is 16.1. The molecule has 1 N–H and O–H groups in total. The van der Waals surface area contributed by atoms with Crippen LogP contribution in [0.1, 0.15) is 29.5 Å². The molecule has 27 heavy (non-hydrogen) atoms. The third-order valence-corrected chi connectivity index (χ3v) is 5.09. The van der Waals surface area contributed by atoms with Gasteiger partial charge in [-0.15, -0.1) is 0 Å². The number of aryl methyl sites for hydroxylation is 2. The van der Waals surface area contributed by atoms with Crippen LogP contribution in [0.15, 0.2) is 54.7 Å². The monoisotopic (exact) mass is 361 g/mol. The average Bonchev–Trinajstić information content (AvgIpc) is 3.32. The van der Waals surface area contributed by atoms with E-state index in [4.69, 9.17) is 9.84 Å². The maximum atomic E-state index is 5.72. The van der Waals surface area contributed by atoms with E-state index in [0.717, 1.165) is 43.1 Å². The second-order valence-corrected chi connectivity index (χ2v) is 7.42. The van der Waals surface area contributed by atoms with Crippen LogP contribution in [0.2, 0.25) is 0 Å². The van der Waals surface area contributed by atoms with E-state index in [2.05, 4.69) is 73.9 Å². The van der Waals surface area contributed by atoms with Gasteiger partial charge in [0.05, 0.1) is 17.5 Å². The predicted molar refractivity (Wildman–Crippen MR) is 109 cm³/mol. The number of ether oxygens (including phenoxy) is 1. The zero-order valence-corrected chi connectivity index (χ0v) is 16.1. The van der Waals surface area contributed by atoms with Crippen LogP contribution in [0.3, 0.4) is 0 Å². The lowest BCUT2D eigenvalue weighted by Gasteiger charge is -2.10. The molecule has 2 heterocycles. The zero-order chi connectivity index (χ0) is 18.6. The molecule has 1 aliphatic heterocycles. The van der Waals surface area contributed by atoms with E-state index in [0.29, 0.717) is 6.10 Å². The van der Waals surface area contributed by atoms with Gasteiger partial charge in [0, 0.05) is 37.0 Å². The van der Waals surface area contributed by atoms with Gasteiger partial charge >= 0.3 is 0 Å². The molecular weight excluding hydrogens is 334 g/mol. The van der Waals surface area contributed by atoms with Gasteiger partial charge in [0.25, 0.3) is 0 Å². The Morgan fingerprint density at radius 3 is 2.70 bits per heavy atom. The molecule has 3 aromatic rings. The average molecular weight is 361 g/mol. The van der Waals surface area contributed by atoms with Crippen molar-refractivity contribution in [2.75, 3.05) is 13.2 Å². The highest BCUT2D eigenvalue weighted by atomic mass is 16.5. The molecule has 1 aliphatic rings. The van der Waals surface area contributed by atoms with Gasteiger partial charge < -0.3 is 10.1 Å². The summed E-state index contributed by atoms with van der Waals surface area (Å²) in [6, 6.07) is 17.0. The molecule has 1 aromatic heterocycles. The van der Waals surface area contributed by atoms with Gasteiger partial charge in [-0.2, -0.15) is 5.10 Å². The Morgan fingerprint density at radius 2 is 1.96 bits per heavy atom. The molecule has 1 fully saturated rings. The Labute approximate surface area is 161 Å². The van der Waals surface area contributed by atoms with E-state index in [1.807, 2.05) is 4.68 Å². The fraction of sp³-hybridized carbons (Fsp3) is 0.348. The molecule has 0 radical (unpaired) electrons. The molecule has 0 bridgehead atoms. The van der Waals surface area contributed by atoms with E-state index < -0.39 is 0 Å². The van der Waals surface area contributed by atoms with Gasteiger partial charge in [0.2, 0.25) is 0 Å². The van der Waals surface area contributed by atoms with Gasteiger partial charge in [0.1, 0.15) is 0 Å². The van der Waals surface area contributed by atoms with Gasteiger partial charge in [-0.3, -0.25) is 0 Å². The van der Waals surface area contributed by atoms with E-state index >= 15 is 0 Å². The maximum Gasteiger partial charge on any atom is 0.0972 e. The van der Waals surface area contributed by atoms with Crippen LogP contribution in [0.4, 0.5) is 0 Å². The van der Waals surface area contributed by atoms with Crippen LogP contribution >= 0.6 is 0 Å². The molecule has 0 unspecified atom stereocenters. The summed E-state index contributed by atoms with van der Waals surface area (Å²) in [7, 11) is 0. The van der Waals surface area contributed by atoms with Gasteiger partial charge in [-0.1, -0.05) is 41.5 Å². The first-order valence-corrected chi connectivity index (χ1v) is 9.74. The molecule has 4 rings (SSSR count). The number of rotatable bonds is 6. The number of hydrogen-bond acceptors (Lipinski definition) is 3. The summed E-state index contributed by atoms with van der Waals surface area (Å²) in [6.45, 7) is 6.80. The summed E-state index contributed by atoms with van der Waals surface area (Å²) >= 11 is 0. The maximum absolute atomic E-state index is 5.72. The van der Waals surface area contributed by atoms with Crippen LogP contribution in [-0.2, 0) is 11.3 Å². The van der Waals surface area contributed by atoms with Crippen molar-refractivity contribution in [3.63, 3.8) is 0 Å². The smallest absolute Gasteiger partial charge is 0.0972 e. The number of benzene rings is 2. The molecule has 1 atom stereocenters.